The summed E-state index contributed by atoms with van der Waals surface area (Å²) in [4.78, 5) is 16.5. The minimum absolute atomic E-state index is 0.0753. The van der Waals surface area contributed by atoms with Crippen molar-refractivity contribution in [3.63, 3.8) is 0 Å². The second-order valence-electron chi connectivity index (χ2n) is 4.83. The molecule has 98 valence electrons. The normalized spacial score (nSPS) is 18.7. The first kappa shape index (κ1) is 12.8. The van der Waals surface area contributed by atoms with Gasteiger partial charge in [-0.25, -0.2) is 14.2 Å². The van der Waals surface area contributed by atoms with Gasteiger partial charge in [0.2, 0.25) is 0 Å². The number of carboxylic acids is 1. The number of hydrogen-bond donors (Lipinski definition) is 1. The summed E-state index contributed by atoms with van der Waals surface area (Å²) in [5.74, 6) is -2.00. The number of hydrogen-bond acceptors (Lipinski definition) is 4. The van der Waals surface area contributed by atoms with Gasteiger partial charge in [0, 0.05) is 19.3 Å². The fraction of sp³-hybridized carbons (Fsp3) is 0.500. The van der Waals surface area contributed by atoms with E-state index in [-0.39, 0.29) is 11.4 Å². The smallest absolute Gasteiger partial charge is 0.338 e. The molecule has 1 aromatic heterocycles. The first-order valence-corrected chi connectivity index (χ1v) is 5.67. The van der Waals surface area contributed by atoms with Crippen molar-refractivity contribution < 1.29 is 19.0 Å². The van der Waals surface area contributed by atoms with Crippen molar-refractivity contribution in [1.29, 1.82) is 0 Å². The molecule has 0 aromatic carbocycles. The number of rotatable bonds is 2. The van der Waals surface area contributed by atoms with Crippen LogP contribution in [0.4, 0.5) is 10.2 Å². The van der Waals surface area contributed by atoms with Gasteiger partial charge in [-0.3, -0.25) is 0 Å². The van der Waals surface area contributed by atoms with Crippen molar-refractivity contribution in [2.75, 3.05) is 24.6 Å². The fourth-order valence-electron chi connectivity index (χ4n) is 2.02. The highest BCUT2D eigenvalue weighted by atomic mass is 19.1. The zero-order valence-electron chi connectivity index (χ0n) is 10.3. The van der Waals surface area contributed by atoms with E-state index in [1.807, 2.05) is 13.8 Å². The first-order valence-electron chi connectivity index (χ1n) is 5.67. The second-order valence-corrected chi connectivity index (χ2v) is 4.83. The van der Waals surface area contributed by atoms with Gasteiger partial charge in [-0.1, -0.05) is 0 Å². The Bertz CT molecular complexity index is 476. The topological polar surface area (TPSA) is 62.7 Å². The van der Waals surface area contributed by atoms with Crippen LogP contribution in [0.2, 0.25) is 0 Å². The fourth-order valence-corrected chi connectivity index (χ4v) is 2.02. The maximum atomic E-state index is 14.0. The van der Waals surface area contributed by atoms with Crippen LogP contribution in [0.1, 0.15) is 24.2 Å². The van der Waals surface area contributed by atoms with E-state index in [0.717, 1.165) is 6.07 Å². The summed E-state index contributed by atoms with van der Waals surface area (Å²) in [7, 11) is 0. The average Bonchev–Trinajstić information content (AvgIpc) is 2.27. The number of anilines is 1. The third kappa shape index (κ3) is 2.43. The summed E-state index contributed by atoms with van der Waals surface area (Å²) in [5, 5.41) is 8.88. The van der Waals surface area contributed by atoms with Crippen molar-refractivity contribution >= 4 is 11.8 Å². The van der Waals surface area contributed by atoms with Gasteiger partial charge in [0.1, 0.15) is 5.56 Å². The molecule has 0 aliphatic carbocycles. The molecule has 2 rings (SSSR count). The molecule has 0 saturated carbocycles. The number of pyridine rings is 1. The number of nitrogens with zero attached hydrogens (tertiary/aromatic N) is 2. The molecule has 18 heavy (non-hydrogen) atoms. The molecule has 0 radical (unpaired) electrons. The van der Waals surface area contributed by atoms with Crippen LogP contribution in [0, 0.1) is 5.82 Å². The zero-order chi connectivity index (χ0) is 13.3. The average molecular weight is 254 g/mol. The van der Waals surface area contributed by atoms with Crippen molar-refractivity contribution in [3.8, 4) is 0 Å². The van der Waals surface area contributed by atoms with Crippen molar-refractivity contribution in [1.82, 2.24) is 4.98 Å². The van der Waals surface area contributed by atoms with Crippen LogP contribution in [0.3, 0.4) is 0 Å². The molecule has 0 atom stereocenters. The minimum atomic E-state index is -1.29. The van der Waals surface area contributed by atoms with Gasteiger partial charge < -0.3 is 14.7 Å². The monoisotopic (exact) mass is 254 g/mol. The molecule has 5 nitrogen and oxygen atoms in total. The molecule has 2 heterocycles. The lowest BCUT2D eigenvalue weighted by atomic mass is 10.1. The summed E-state index contributed by atoms with van der Waals surface area (Å²) < 4.78 is 19.6. The lowest BCUT2D eigenvalue weighted by Gasteiger charge is -2.38. The van der Waals surface area contributed by atoms with E-state index in [1.54, 1.807) is 4.90 Å². The van der Waals surface area contributed by atoms with Crippen LogP contribution < -0.4 is 4.90 Å². The van der Waals surface area contributed by atoms with Crippen molar-refractivity contribution in [3.05, 3.63) is 23.6 Å². The Morgan fingerprint density at radius 3 is 2.94 bits per heavy atom. The molecule has 0 spiro atoms. The van der Waals surface area contributed by atoms with Gasteiger partial charge in [0.15, 0.2) is 11.6 Å². The van der Waals surface area contributed by atoms with E-state index in [0.29, 0.717) is 19.7 Å². The largest absolute Gasteiger partial charge is 0.478 e. The third-order valence-corrected chi connectivity index (χ3v) is 2.83. The number of ether oxygens (including phenoxy) is 1. The highest BCUT2D eigenvalue weighted by Crippen LogP contribution is 2.25. The van der Waals surface area contributed by atoms with Crippen LogP contribution in [0.25, 0.3) is 0 Å². The van der Waals surface area contributed by atoms with E-state index in [9.17, 15) is 9.18 Å². The Kier molecular flexibility index (Phi) is 3.21. The molecular weight excluding hydrogens is 239 g/mol. The van der Waals surface area contributed by atoms with Crippen LogP contribution in [-0.4, -0.2) is 41.4 Å². The molecule has 1 N–H and O–H groups in total. The Labute approximate surface area is 104 Å². The summed E-state index contributed by atoms with van der Waals surface area (Å²) >= 11 is 0. The Morgan fingerprint density at radius 1 is 1.61 bits per heavy atom. The number of aromatic carboxylic acids is 1. The van der Waals surface area contributed by atoms with E-state index >= 15 is 0 Å². The number of aromatic nitrogens is 1. The standard InChI is InChI=1S/C12H15FN2O3/c1-12(2)7-15(5-6-18-12)10-9(13)8(11(16)17)3-4-14-10/h3-4H,5-7H2,1-2H3,(H,16,17). The summed E-state index contributed by atoms with van der Waals surface area (Å²) in [6, 6.07) is 1.16. The second kappa shape index (κ2) is 4.53. The van der Waals surface area contributed by atoms with Crippen LogP contribution in [-0.2, 0) is 4.74 Å². The molecule has 0 amide bonds. The SMILES string of the molecule is CC1(C)CN(c2nccc(C(=O)O)c2F)CCO1. The third-order valence-electron chi connectivity index (χ3n) is 2.83. The summed E-state index contributed by atoms with van der Waals surface area (Å²) in [6.07, 6.45) is 1.31. The maximum absolute atomic E-state index is 14.0. The zero-order valence-corrected chi connectivity index (χ0v) is 10.3. The molecule has 1 aliphatic heterocycles. The van der Waals surface area contributed by atoms with Crippen LogP contribution >= 0.6 is 0 Å². The number of morpholine rings is 1. The van der Waals surface area contributed by atoms with Gasteiger partial charge >= 0.3 is 5.97 Å². The Balaban J connectivity index is 2.34. The van der Waals surface area contributed by atoms with E-state index < -0.39 is 17.4 Å². The van der Waals surface area contributed by atoms with E-state index in [2.05, 4.69) is 4.98 Å². The highest BCUT2D eigenvalue weighted by Gasteiger charge is 2.30. The molecule has 0 bridgehead atoms. The Morgan fingerprint density at radius 2 is 2.33 bits per heavy atom. The quantitative estimate of drug-likeness (QED) is 0.867. The van der Waals surface area contributed by atoms with Crippen LogP contribution in [0.5, 0.6) is 0 Å². The Hall–Kier alpha value is -1.69. The number of carbonyl (C=O) groups is 1. The molecule has 1 aliphatic rings. The van der Waals surface area contributed by atoms with E-state index in [1.165, 1.54) is 6.20 Å². The highest BCUT2D eigenvalue weighted by molar-refractivity contribution is 5.88. The number of carboxylic acid groups (broad SMARTS) is 1. The lowest BCUT2D eigenvalue weighted by molar-refractivity contribution is -0.0280. The minimum Gasteiger partial charge on any atom is -0.478 e. The van der Waals surface area contributed by atoms with Gasteiger partial charge in [-0.05, 0) is 19.9 Å². The van der Waals surface area contributed by atoms with Gasteiger partial charge in [-0.2, -0.15) is 0 Å². The first-order chi connectivity index (χ1) is 8.41. The van der Waals surface area contributed by atoms with E-state index in [4.69, 9.17) is 9.84 Å². The van der Waals surface area contributed by atoms with Gasteiger partial charge in [-0.15, -0.1) is 0 Å². The summed E-state index contributed by atoms with van der Waals surface area (Å²) in [6.45, 7) is 5.23. The molecule has 1 saturated heterocycles. The molecule has 1 aromatic rings. The number of halogens is 1. The summed E-state index contributed by atoms with van der Waals surface area (Å²) in [5.41, 5.74) is -0.754. The van der Waals surface area contributed by atoms with Gasteiger partial charge in [0.25, 0.3) is 0 Å². The van der Waals surface area contributed by atoms with Crippen molar-refractivity contribution in [2.45, 2.75) is 19.4 Å². The molecular formula is C12H15FN2O3. The van der Waals surface area contributed by atoms with Crippen LogP contribution in [0.15, 0.2) is 12.3 Å². The lowest BCUT2D eigenvalue weighted by Crippen LogP contribution is -2.49. The molecule has 6 heteroatoms. The predicted octanol–water partition coefficient (Wildman–Crippen LogP) is 1.53. The van der Waals surface area contributed by atoms with Crippen molar-refractivity contribution in [2.24, 2.45) is 0 Å². The maximum Gasteiger partial charge on any atom is 0.338 e. The van der Waals surface area contributed by atoms with Gasteiger partial charge in [0.05, 0.1) is 12.2 Å². The predicted molar refractivity (Wildman–Crippen MR) is 63.4 cm³/mol. The molecule has 0 unspecified atom stereocenters. The molecule has 1 fully saturated rings.